The van der Waals surface area contributed by atoms with Gasteiger partial charge in [-0.2, -0.15) is 0 Å². The van der Waals surface area contributed by atoms with Gasteiger partial charge in [0.1, 0.15) is 0 Å². The summed E-state index contributed by atoms with van der Waals surface area (Å²) >= 11 is 0. The standard InChI is InChI=1S/C15H23N3O3/c1-10(2)5-11(8-16)6-14(19)18-9-13-7-12(15(20)21)3-4-17-13/h3-4,7,10-11H,5-6,8-9,16H2,1-2H3,(H,18,19)(H,20,21). The molecule has 0 aliphatic rings. The molecule has 116 valence electrons. The summed E-state index contributed by atoms with van der Waals surface area (Å²) in [5, 5.41) is 11.6. The Morgan fingerprint density at radius 1 is 1.43 bits per heavy atom. The fraction of sp³-hybridized carbons (Fsp3) is 0.533. The second-order valence-corrected chi connectivity index (χ2v) is 5.55. The monoisotopic (exact) mass is 293 g/mol. The number of carboxylic acid groups (broad SMARTS) is 1. The maximum atomic E-state index is 11.9. The highest BCUT2D eigenvalue weighted by atomic mass is 16.4. The van der Waals surface area contributed by atoms with Crippen molar-refractivity contribution in [2.45, 2.75) is 33.2 Å². The van der Waals surface area contributed by atoms with Gasteiger partial charge in [0.2, 0.25) is 5.91 Å². The molecule has 1 unspecified atom stereocenters. The molecule has 4 N–H and O–H groups in total. The second-order valence-electron chi connectivity index (χ2n) is 5.55. The molecule has 0 radical (unpaired) electrons. The van der Waals surface area contributed by atoms with Gasteiger partial charge in [-0.1, -0.05) is 13.8 Å². The summed E-state index contributed by atoms with van der Waals surface area (Å²) in [4.78, 5) is 26.8. The van der Waals surface area contributed by atoms with Gasteiger partial charge in [-0.15, -0.1) is 0 Å². The Morgan fingerprint density at radius 3 is 2.71 bits per heavy atom. The zero-order valence-electron chi connectivity index (χ0n) is 12.5. The van der Waals surface area contributed by atoms with Crippen molar-refractivity contribution in [1.82, 2.24) is 10.3 Å². The van der Waals surface area contributed by atoms with Crippen LogP contribution in [0, 0.1) is 11.8 Å². The largest absolute Gasteiger partial charge is 0.478 e. The predicted octanol–water partition coefficient (Wildman–Crippen LogP) is 1.41. The van der Waals surface area contributed by atoms with Crippen molar-refractivity contribution >= 4 is 11.9 Å². The Labute approximate surface area is 124 Å². The molecule has 1 aromatic rings. The van der Waals surface area contributed by atoms with E-state index in [-0.39, 0.29) is 23.9 Å². The van der Waals surface area contributed by atoms with Crippen LogP contribution >= 0.6 is 0 Å². The number of carbonyl (C=O) groups excluding carboxylic acids is 1. The third-order valence-corrected chi connectivity index (χ3v) is 3.14. The third-order valence-electron chi connectivity index (χ3n) is 3.14. The number of rotatable bonds is 8. The molecule has 0 saturated carbocycles. The smallest absolute Gasteiger partial charge is 0.335 e. The molecule has 1 heterocycles. The molecular formula is C15H23N3O3. The number of nitrogens with two attached hydrogens (primary N) is 1. The number of nitrogens with one attached hydrogen (secondary N) is 1. The van der Waals surface area contributed by atoms with Crippen LogP contribution in [0.5, 0.6) is 0 Å². The molecule has 1 rings (SSSR count). The summed E-state index contributed by atoms with van der Waals surface area (Å²) < 4.78 is 0. The van der Waals surface area contributed by atoms with Gasteiger partial charge in [-0.25, -0.2) is 4.79 Å². The molecule has 0 spiro atoms. The van der Waals surface area contributed by atoms with Gasteiger partial charge in [0, 0.05) is 12.6 Å². The van der Waals surface area contributed by atoms with Gasteiger partial charge in [0.25, 0.3) is 0 Å². The van der Waals surface area contributed by atoms with E-state index >= 15 is 0 Å². The zero-order valence-corrected chi connectivity index (χ0v) is 12.5. The van der Waals surface area contributed by atoms with Crippen LogP contribution in [0.3, 0.4) is 0 Å². The number of nitrogens with zero attached hydrogens (tertiary/aromatic N) is 1. The Balaban J connectivity index is 2.49. The summed E-state index contributed by atoms with van der Waals surface area (Å²) in [7, 11) is 0. The van der Waals surface area contributed by atoms with Gasteiger partial charge in [0.05, 0.1) is 17.8 Å². The lowest BCUT2D eigenvalue weighted by molar-refractivity contribution is -0.122. The van der Waals surface area contributed by atoms with Crippen molar-refractivity contribution in [3.05, 3.63) is 29.6 Å². The van der Waals surface area contributed by atoms with Crippen LogP contribution in [0.4, 0.5) is 0 Å². The highest BCUT2D eigenvalue weighted by Crippen LogP contribution is 2.14. The average molecular weight is 293 g/mol. The number of carbonyl (C=O) groups is 2. The molecule has 1 aromatic heterocycles. The van der Waals surface area contributed by atoms with E-state index in [0.29, 0.717) is 24.6 Å². The number of pyridine rings is 1. The van der Waals surface area contributed by atoms with E-state index in [0.717, 1.165) is 6.42 Å². The maximum absolute atomic E-state index is 11.9. The quantitative estimate of drug-likeness (QED) is 0.672. The fourth-order valence-electron chi connectivity index (χ4n) is 2.16. The number of carboxylic acids is 1. The van der Waals surface area contributed by atoms with Crippen LogP contribution in [-0.2, 0) is 11.3 Å². The van der Waals surface area contributed by atoms with E-state index in [9.17, 15) is 9.59 Å². The Hall–Kier alpha value is -1.95. The highest BCUT2D eigenvalue weighted by Gasteiger charge is 2.14. The number of aromatic carboxylic acids is 1. The SMILES string of the molecule is CC(C)CC(CN)CC(=O)NCc1cc(C(=O)O)ccn1. The first kappa shape index (κ1) is 17.1. The third kappa shape index (κ3) is 6.35. The van der Waals surface area contributed by atoms with Gasteiger partial charge in [-0.05, 0) is 36.9 Å². The first-order valence-electron chi connectivity index (χ1n) is 7.07. The molecule has 0 fully saturated rings. The van der Waals surface area contributed by atoms with Crippen molar-refractivity contribution in [3.8, 4) is 0 Å². The number of aromatic nitrogens is 1. The van der Waals surface area contributed by atoms with Crippen molar-refractivity contribution in [2.24, 2.45) is 17.6 Å². The molecule has 0 saturated heterocycles. The maximum Gasteiger partial charge on any atom is 0.335 e. The van der Waals surface area contributed by atoms with Gasteiger partial charge >= 0.3 is 5.97 Å². The summed E-state index contributed by atoms with van der Waals surface area (Å²) in [5.41, 5.74) is 6.36. The molecule has 1 amide bonds. The molecule has 0 aliphatic heterocycles. The minimum atomic E-state index is -1.01. The molecule has 0 bridgehead atoms. The first-order chi connectivity index (χ1) is 9.92. The Bertz CT molecular complexity index is 489. The first-order valence-corrected chi connectivity index (χ1v) is 7.07. The van der Waals surface area contributed by atoms with Crippen molar-refractivity contribution < 1.29 is 14.7 Å². The number of hydrogen-bond acceptors (Lipinski definition) is 4. The van der Waals surface area contributed by atoms with Crippen LogP contribution in [0.1, 0.15) is 42.7 Å². The number of hydrogen-bond donors (Lipinski definition) is 3. The van der Waals surface area contributed by atoms with E-state index in [4.69, 9.17) is 10.8 Å². The van der Waals surface area contributed by atoms with E-state index in [2.05, 4.69) is 24.1 Å². The summed E-state index contributed by atoms with van der Waals surface area (Å²) in [6.07, 6.45) is 2.72. The van der Waals surface area contributed by atoms with E-state index in [1.54, 1.807) is 0 Å². The number of amides is 1. The lowest BCUT2D eigenvalue weighted by atomic mass is 9.94. The summed E-state index contributed by atoms with van der Waals surface area (Å²) in [6, 6.07) is 2.87. The topological polar surface area (TPSA) is 105 Å². The minimum absolute atomic E-state index is 0.0892. The van der Waals surface area contributed by atoms with Crippen molar-refractivity contribution in [1.29, 1.82) is 0 Å². The van der Waals surface area contributed by atoms with Crippen molar-refractivity contribution in [2.75, 3.05) is 6.54 Å². The predicted molar refractivity (Wildman–Crippen MR) is 79.7 cm³/mol. The van der Waals surface area contributed by atoms with E-state index < -0.39 is 5.97 Å². The zero-order chi connectivity index (χ0) is 15.8. The van der Waals surface area contributed by atoms with E-state index in [1.165, 1.54) is 18.3 Å². The average Bonchev–Trinajstić information content (AvgIpc) is 2.44. The van der Waals surface area contributed by atoms with Gasteiger partial charge in [0.15, 0.2) is 0 Å². The fourth-order valence-corrected chi connectivity index (χ4v) is 2.16. The molecule has 6 heteroatoms. The molecule has 1 atom stereocenters. The minimum Gasteiger partial charge on any atom is -0.478 e. The Kier molecular flexibility index (Phi) is 6.81. The van der Waals surface area contributed by atoms with Crippen LogP contribution in [0.2, 0.25) is 0 Å². The van der Waals surface area contributed by atoms with Crippen LogP contribution in [0.15, 0.2) is 18.3 Å². The van der Waals surface area contributed by atoms with Gasteiger partial charge < -0.3 is 16.2 Å². The molecule has 6 nitrogen and oxygen atoms in total. The van der Waals surface area contributed by atoms with Crippen LogP contribution < -0.4 is 11.1 Å². The van der Waals surface area contributed by atoms with Crippen LogP contribution in [0.25, 0.3) is 0 Å². The Morgan fingerprint density at radius 2 is 2.14 bits per heavy atom. The summed E-state index contributed by atoms with van der Waals surface area (Å²) in [5.74, 6) is -0.428. The lowest BCUT2D eigenvalue weighted by Gasteiger charge is -2.16. The molecule has 0 aromatic carbocycles. The van der Waals surface area contributed by atoms with Gasteiger partial charge in [-0.3, -0.25) is 9.78 Å². The lowest BCUT2D eigenvalue weighted by Crippen LogP contribution is -2.28. The van der Waals surface area contributed by atoms with Crippen LogP contribution in [-0.4, -0.2) is 28.5 Å². The second kappa shape index (κ2) is 8.36. The summed E-state index contributed by atoms with van der Waals surface area (Å²) in [6.45, 7) is 4.90. The highest BCUT2D eigenvalue weighted by molar-refractivity contribution is 5.87. The molecule has 21 heavy (non-hydrogen) atoms. The molecular weight excluding hydrogens is 270 g/mol. The van der Waals surface area contributed by atoms with Crippen molar-refractivity contribution in [3.63, 3.8) is 0 Å². The molecule has 0 aliphatic carbocycles. The normalized spacial score (nSPS) is 12.2. The van der Waals surface area contributed by atoms with E-state index in [1.807, 2.05) is 0 Å².